The second kappa shape index (κ2) is 3.81. The van der Waals surface area contributed by atoms with E-state index in [1.165, 1.54) is 9.99 Å². The molecular formula is C10H14AlNO. The van der Waals surface area contributed by atoms with E-state index in [2.05, 4.69) is 24.3 Å². The van der Waals surface area contributed by atoms with Crippen molar-refractivity contribution in [2.45, 2.75) is 12.0 Å². The van der Waals surface area contributed by atoms with Crippen molar-refractivity contribution in [3.8, 4) is 0 Å². The molecule has 1 saturated heterocycles. The van der Waals surface area contributed by atoms with Crippen LogP contribution in [-0.2, 0) is 4.74 Å². The van der Waals surface area contributed by atoms with Crippen LogP contribution in [-0.4, -0.2) is 35.5 Å². The van der Waals surface area contributed by atoms with E-state index >= 15 is 0 Å². The fraction of sp³-hybridized carbons (Fsp3) is 0.400. The molecule has 2 nitrogen and oxygen atoms in total. The van der Waals surface area contributed by atoms with Gasteiger partial charge in [-0.2, -0.15) is 0 Å². The molecule has 1 aliphatic rings. The van der Waals surface area contributed by atoms with E-state index in [1.54, 1.807) is 0 Å². The molecule has 0 amide bonds. The Balaban J connectivity index is 2.20. The molecule has 0 aromatic heterocycles. The van der Waals surface area contributed by atoms with Crippen LogP contribution in [0.3, 0.4) is 0 Å². The maximum atomic E-state index is 5.93. The van der Waals surface area contributed by atoms with Gasteiger partial charge in [0.25, 0.3) is 16.3 Å². The minimum absolute atomic E-state index is 0.181. The molecule has 68 valence electrons. The number of rotatable bonds is 1. The van der Waals surface area contributed by atoms with Crippen LogP contribution >= 0.6 is 0 Å². The van der Waals surface area contributed by atoms with Crippen molar-refractivity contribution in [1.82, 2.24) is 0 Å². The lowest BCUT2D eigenvalue weighted by Crippen LogP contribution is -2.26. The smallest absolute Gasteiger partial charge is 0.258 e. The number of hydrogen-bond acceptors (Lipinski definition) is 2. The Kier molecular flexibility index (Phi) is 2.71. The molecule has 2 N–H and O–H groups in total. The fourth-order valence-corrected chi connectivity index (χ4v) is 2.06. The first-order valence-electron chi connectivity index (χ1n) is 4.67. The van der Waals surface area contributed by atoms with Crippen LogP contribution in [0.25, 0.3) is 0 Å². The molecular weight excluding hydrogens is 177 g/mol. The van der Waals surface area contributed by atoms with E-state index in [9.17, 15) is 0 Å². The van der Waals surface area contributed by atoms with Gasteiger partial charge in [-0.3, -0.25) is 0 Å². The molecule has 2 unspecified atom stereocenters. The van der Waals surface area contributed by atoms with Gasteiger partial charge in [0.05, 0.1) is 13.2 Å². The van der Waals surface area contributed by atoms with E-state index in [0.29, 0.717) is 12.5 Å². The quantitative estimate of drug-likeness (QED) is 0.601. The predicted octanol–water partition coefficient (Wildman–Crippen LogP) is -0.614. The average Bonchev–Trinajstić information content (AvgIpc) is 2.53. The Labute approximate surface area is 86.5 Å². The molecule has 1 aromatic carbocycles. The van der Waals surface area contributed by atoms with E-state index in [-0.39, 0.29) is 6.04 Å². The molecule has 13 heavy (non-hydrogen) atoms. The maximum Gasteiger partial charge on any atom is 0.258 e. The SMILES string of the molecule is NC1COCC1c1cc[c]([AlH2])cc1. The summed E-state index contributed by atoms with van der Waals surface area (Å²) in [5, 5.41) is 0. The van der Waals surface area contributed by atoms with Gasteiger partial charge in [-0.15, -0.1) is 4.43 Å². The molecule has 1 aliphatic heterocycles. The third-order valence-corrected chi connectivity index (χ3v) is 3.30. The van der Waals surface area contributed by atoms with E-state index in [0.717, 1.165) is 22.9 Å². The Morgan fingerprint density at radius 3 is 2.46 bits per heavy atom. The molecule has 2 rings (SSSR count). The van der Waals surface area contributed by atoms with Gasteiger partial charge < -0.3 is 10.5 Å². The molecule has 0 radical (unpaired) electrons. The predicted molar refractivity (Wildman–Crippen MR) is 56.2 cm³/mol. The van der Waals surface area contributed by atoms with Crippen LogP contribution < -0.4 is 10.2 Å². The van der Waals surface area contributed by atoms with Crippen molar-refractivity contribution in [3.63, 3.8) is 0 Å². The average molecular weight is 191 g/mol. The highest BCUT2D eigenvalue weighted by molar-refractivity contribution is 6.32. The van der Waals surface area contributed by atoms with Gasteiger partial charge in [-0.1, -0.05) is 24.3 Å². The number of nitrogens with two attached hydrogens (primary N) is 1. The molecule has 1 aromatic rings. The minimum atomic E-state index is 0.181. The first-order chi connectivity index (χ1) is 6.27. The molecule has 0 aliphatic carbocycles. The monoisotopic (exact) mass is 191 g/mol. The summed E-state index contributed by atoms with van der Waals surface area (Å²) in [6.07, 6.45) is 0. The zero-order valence-electron chi connectivity index (χ0n) is 7.86. The summed E-state index contributed by atoms with van der Waals surface area (Å²) in [5.41, 5.74) is 7.26. The summed E-state index contributed by atoms with van der Waals surface area (Å²) in [4.78, 5) is 0. The minimum Gasteiger partial charge on any atom is -0.379 e. The molecule has 1 fully saturated rings. The normalized spacial score (nSPS) is 27.8. The zero-order chi connectivity index (χ0) is 9.26. The molecule has 0 spiro atoms. The molecule has 0 bridgehead atoms. The third-order valence-electron chi connectivity index (χ3n) is 2.63. The Morgan fingerprint density at radius 1 is 1.23 bits per heavy atom. The third kappa shape index (κ3) is 1.95. The van der Waals surface area contributed by atoms with Crippen LogP contribution in [0.15, 0.2) is 24.3 Å². The van der Waals surface area contributed by atoms with Gasteiger partial charge in [-0.25, -0.2) is 0 Å². The van der Waals surface area contributed by atoms with Crippen LogP contribution in [0.4, 0.5) is 0 Å². The number of benzene rings is 1. The van der Waals surface area contributed by atoms with Crippen LogP contribution in [0.5, 0.6) is 0 Å². The van der Waals surface area contributed by atoms with Crippen molar-refractivity contribution in [1.29, 1.82) is 0 Å². The highest BCUT2D eigenvalue weighted by atomic mass is 27.0. The van der Waals surface area contributed by atoms with Gasteiger partial charge >= 0.3 is 0 Å². The van der Waals surface area contributed by atoms with Crippen molar-refractivity contribution in [2.24, 2.45) is 5.73 Å². The van der Waals surface area contributed by atoms with Crippen molar-refractivity contribution < 1.29 is 4.74 Å². The number of ether oxygens (including phenoxy) is 1. The summed E-state index contributed by atoms with van der Waals surface area (Å²) in [5.74, 6) is 0.405. The van der Waals surface area contributed by atoms with Gasteiger partial charge in [0.1, 0.15) is 0 Å². The largest absolute Gasteiger partial charge is 0.379 e. The van der Waals surface area contributed by atoms with Crippen molar-refractivity contribution in [2.75, 3.05) is 13.2 Å². The zero-order valence-corrected chi connectivity index (χ0v) is 9.86. The molecule has 0 saturated carbocycles. The second-order valence-electron chi connectivity index (χ2n) is 3.72. The van der Waals surface area contributed by atoms with E-state index in [4.69, 9.17) is 10.5 Å². The highest BCUT2D eigenvalue weighted by Crippen LogP contribution is 2.23. The first-order valence-corrected chi connectivity index (χ1v) is 5.67. The summed E-state index contributed by atoms with van der Waals surface area (Å²) < 4.78 is 6.76. The standard InChI is InChI=1S/C10H12NO.Al.2H/c11-10-7-12-6-9(10)8-4-2-1-3-5-8;;;/h2-5,9-10H,6-7,11H2;;;. The lowest BCUT2D eigenvalue weighted by molar-refractivity contribution is 0.191. The molecule has 1 heterocycles. The van der Waals surface area contributed by atoms with E-state index in [1.807, 2.05) is 0 Å². The lowest BCUT2D eigenvalue weighted by Gasteiger charge is -2.13. The summed E-state index contributed by atoms with van der Waals surface area (Å²) >= 11 is 1.12. The summed E-state index contributed by atoms with van der Waals surface area (Å²) in [6, 6.07) is 8.92. The molecule has 3 heteroatoms. The fourth-order valence-electron chi connectivity index (χ4n) is 1.73. The topological polar surface area (TPSA) is 35.2 Å². The second-order valence-corrected chi connectivity index (χ2v) is 4.87. The van der Waals surface area contributed by atoms with Crippen LogP contribution in [0.2, 0.25) is 0 Å². The van der Waals surface area contributed by atoms with E-state index < -0.39 is 0 Å². The van der Waals surface area contributed by atoms with Gasteiger partial charge in [0, 0.05) is 12.0 Å². The van der Waals surface area contributed by atoms with Crippen LogP contribution in [0.1, 0.15) is 11.5 Å². The summed E-state index contributed by atoms with van der Waals surface area (Å²) in [6.45, 7) is 1.48. The Hall–Kier alpha value is -0.328. The lowest BCUT2D eigenvalue weighted by atomic mass is 9.95. The molecule has 2 atom stereocenters. The number of hydrogen-bond donors (Lipinski definition) is 1. The Bertz CT molecular complexity index is 285. The highest BCUT2D eigenvalue weighted by Gasteiger charge is 2.25. The first kappa shape index (κ1) is 9.24. The maximum absolute atomic E-state index is 5.93. The van der Waals surface area contributed by atoms with Crippen LogP contribution in [0, 0.1) is 0 Å². The van der Waals surface area contributed by atoms with Gasteiger partial charge in [0.2, 0.25) is 0 Å². The Morgan fingerprint density at radius 2 is 1.92 bits per heavy atom. The van der Waals surface area contributed by atoms with Gasteiger partial charge in [0.15, 0.2) is 0 Å². The summed E-state index contributed by atoms with van der Waals surface area (Å²) in [7, 11) is 0. The van der Waals surface area contributed by atoms with Gasteiger partial charge in [-0.05, 0) is 5.56 Å². The van der Waals surface area contributed by atoms with Crippen molar-refractivity contribution in [3.05, 3.63) is 29.8 Å². The van der Waals surface area contributed by atoms with Crippen molar-refractivity contribution >= 4 is 20.7 Å².